The molecule has 1 unspecified atom stereocenters. The summed E-state index contributed by atoms with van der Waals surface area (Å²) in [6.07, 6.45) is 0.891. The maximum absolute atomic E-state index is 12.2. The zero-order valence-electron chi connectivity index (χ0n) is 18.6. The molecule has 1 aliphatic carbocycles. The Morgan fingerprint density at radius 2 is 1.71 bits per heavy atom. The van der Waals surface area contributed by atoms with Crippen molar-refractivity contribution in [2.75, 3.05) is 19.7 Å². The van der Waals surface area contributed by atoms with Gasteiger partial charge in [0.15, 0.2) is 5.69 Å². The van der Waals surface area contributed by atoms with E-state index < -0.39 is 23.9 Å². The quantitative estimate of drug-likeness (QED) is 0.443. The lowest BCUT2D eigenvalue weighted by atomic mass is 9.98. The van der Waals surface area contributed by atoms with Gasteiger partial charge >= 0.3 is 12.1 Å². The Bertz CT molecular complexity index is 1160. The van der Waals surface area contributed by atoms with Crippen molar-refractivity contribution in [1.82, 2.24) is 25.6 Å². The molecule has 4 rings (SSSR count). The first-order chi connectivity index (χ1) is 16.4. The molecule has 3 N–H and O–H groups in total. The fourth-order valence-corrected chi connectivity index (χ4v) is 3.86. The highest BCUT2D eigenvalue weighted by Gasteiger charge is 2.29. The summed E-state index contributed by atoms with van der Waals surface area (Å²) in [5, 5.41) is 21.7. The summed E-state index contributed by atoms with van der Waals surface area (Å²) in [6.45, 7) is 2.23. The highest BCUT2D eigenvalue weighted by Crippen LogP contribution is 2.44. The number of aromatic nitrogens is 3. The van der Waals surface area contributed by atoms with E-state index in [2.05, 4.69) is 45.2 Å². The van der Waals surface area contributed by atoms with E-state index in [1.165, 1.54) is 17.8 Å². The molecule has 176 valence electrons. The van der Waals surface area contributed by atoms with Crippen LogP contribution in [0.4, 0.5) is 4.79 Å². The number of nitrogens with zero attached hydrogens (tertiary/aromatic N) is 3. The van der Waals surface area contributed by atoms with Gasteiger partial charge in [-0.15, -0.1) is 5.10 Å². The molecule has 0 fully saturated rings. The number of carboxylic acid groups (broad SMARTS) is 1. The van der Waals surface area contributed by atoms with Crippen molar-refractivity contribution in [3.63, 3.8) is 0 Å². The van der Waals surface area contributed by atoms with Crippen LogP contribution in [0.3, 0.4) is 0 Å². The van der Waals surface area contributed by atoms with Crippen LogP contribution in [0.1, 0.15) is 34.5 Å². The Hall–Kier alpha value is -4.21. The van der Waals surface area contributed by atoms with Crippen LogP contribution in [0.2, 0.25) is 0 Å². The number of nitrogens with one attached hydrogen (secondary N) is 2. The predicted molar refractivity (Wildman–Crippen MR) is 122 cm³/mol. The van der Waals surface area contributed by atoms with E-state index in [1.54, 1.807) is 0 Å². The summed E-state index contributed by atoms with van der Waals surface area (Å²) in [5.41, 5.74) is 4.68. The lowest BCUT2D eigenvalue weighted by molar-refractivity contribution is -0.140. The third kappa shape index (κ3) is 5.06. The van der Waals surface area contributed by atoms with Gasteiger partial charge < -0.3 is 20.5 Å². The molecule has 3 aromatic rings. The first-order valence-corrected chi connectivity index (χ1v) is 10.9. The van der Waals surface area contributed by atoms with Gasteiger partial charge in [0.05, 0.1) is 18.7 Å². The SMILES string of the molecule is CC(CNC(=O)c1cn(CCNC(=O)OCC2c3ccccc3-c3ccccc32)nn1)C(=O)O. The minimum Gasteiger partial charge on any atom is -0.481 e. The number of carboxylic acids is 1. The summed E-state index contributed by atoms with van der Waals surface area (Å²) in [6, 6.07) is 16.2. The number of aliphatic carboxylic acids is 1. The molecule has 1 atom stereocenters. The largest absolute Gasteiger partial charge is 0.481 e. The Kier molecular flexibility index (Phi) is 6.86. The van der Waals surface area contributed by atoms with Crippen molar-refractivity contribution in [3.05, 3.63) is 71.5 Å². The van der Waals surface area contributed by atoms with Crippen molar-refractivity contribution in [3.8, 4) is 11.1 Å². The van der Waals surface area contributed by atoms with Crippen molar-refractivity contribution in [2.45, 2.75) is 19.4 Å². The molecule has 1 heterocycles. The minimum absolute atomic E-state index is 0.00956. The van der Waals surface area contributed by atoms with Crippen LogP contribution in [0.5, 0.6) is 0 Å². The molecule has 0 aliphatic heterocycles. The Morgan fingerprint density at radius 1 is 1.06 bits per heavy atom. The third-order valence-electron chi connectivity index (χ3n) is 5.72. The summed E-state index contributed by atoms with van der Waals surface area (Å²) < 4.78 is 6.90. The number of fused-ring (bicyclic) bond motifs is 3. The van der Waals surface area contributed by atoms with Crippen molar-refractivity contribution in [1.29, 1.82) is 0 Å². The lowest BCUT2D eigenvalue weighted by Gasteiger charge is -2.14. The molecular formula is C24H25N5O5. The van der Waals surface area contributed by atoms with E-state index >= 15 is 0 Å². The van der Waals surface area contributed by atoms with Gasteiger partial charge in [-0.25, -0.2) is 9.48 Å². The minimum atomic E-state index is -0.997. The van der Waals surface area contributed by atoms with E-state index in [-0.39, 0.29) is 37.9 Å². The fraction of sp³-hybridized carbons (Fsp3) is 0.292. The average molecular weight is 463 g/mol. The first kappa shape index (κ1) is 23.0. The number of alkyl carbamates (subject to hydrolysis) is 1. The second-order valence-corrected chi connectivity index (χ2v) is 8.07. The number of amides is 2. The fourth-order valence-electron chi connectivity index (χ4n) is 3.86. The smallest absolute Gasteiger partial charge is 0.407 e. The second kappa shape index (κ2) is 10.2. The molecule has 1 aromatic heterocycles. The van der Waals surface area contributed by atoms with E-state index in [0.29, 0.717) is 0 Å². The van der Waals surface area contributed by atoms with Crippen LogP contribution in [-0.2, 0) is 16.1 Å². The average Bonchev–Trinajstić information content (AvgIpc) is 3.44. The molecular weight excluding hydrogens is 438 g/mol. The van der Waals surface area contributed by atoms with Crippen LogP contribution in [-0.4, -0.2) is 57.8 Å². The van der Waals surface area contributed by atoms with Crippen LogP contribution < -0.4 is 10.6 Å². The number of benzene rings is 2. The van der Waals surface area contributed by atoms with Gasteiger partial charge in [0, 0.05) is 19.0 Å². The van der Waals surface area contributed by atoms with Gasteiger partial charge in [-0.05, 0) is 22.3 Å². The summed E-state index contributed by atoms with van der Waals surface area (Å²) in [4.78, 5) is 35.1. The first-order valence-electron chi connectivity index (χ1n) is 10.9. The summed E-state index contributed by atoms with van der Waals surface area (Å²) in [5.74, 6) is -2.23. The maximum atomic E-state index is 12.2. The van der Waals surface area contributed by atoms with Gasteiger partial charge in [-0.3, -0.25) is 9.59 Å². The predicted octanol–water partition coefficient (Wildman–Crippen LogP) is 2.27. The summed E-state index contributed by atoms with van der Waals surface area (Å²) >= 11 is 0. The van der Waals surface area contributed by atoms with E-state index in [1.807, 2.05) is 24.3 Å². The van der Waals surface area contributed by atoms with Crippen LogP contribution >= 0.6 is 0 Å². The van der Waals surface area contributed by atoms with Crippen LogP contribution in [0.15, 0.2) is 54.7 Å². The molecule has 0 spiro atoms. The normalized spacial score (nSPS) is 13.0. The van der Waals surface area contributed by atoms with Crippen LogP contribution in [0, 0.1) is 5.92 Å². The molecule has 2 amide bonds. The molecule has 0 saturated heterocycles. The Labute approximate surface area is 195 Å². The molecule has 10 heteroatoms. The van der Waals surface area contributed by atoms with Gasteiger partial charge in [-0.1, -0.05) is 60.7 Å². The number of carbonyl (C=O) groups excluding carboxylic acids is 2. The monoisotopic (exact) mass is 463 g/mol. The standard InChI is InChI=1S/C24H25N5O5/c1-15(23(31)32)12-26-22(30)21-13-29(28-27-21)11-10-25-24(33)34-14-20-18-8-4-2-6-16(18)17-7-3-5-9-19(17)20/h2-9,13,15,20H,10-12,14H2,1H3,(H,25,33)(H,26,30)(H,31,32). The van der Waals surface area contributed by atoms with Gasteiger partial charge in [-0.2, -0.15) is 0 Å². The molecule has 10 nitrogen and oxygen atoms in total. The van der Waals surface area contributed by atoms with Gasteiger partial charge in [0.1, 0.15) is 6.61 Å². The van der Waals surface area contributed by atoms with Gasteiger partial charge in [0.2, 0.25) is 0 Å². The Morgan fingerprint density at radius 3 is 2.35 bits per heavy atom. The van der Waals surface area contributed by atoms with Crippen molar-refractivity contribution in [2.24, 2.45) is 5.92 Å². The number of hydrogen-bond donors (Lipinski definition) is 3. The molecule has 0 radical (unpaired) electrons. The molecule has 2 aromatic carbocycles. The third-order valence-corrected chi connectivity index (χ3v) is 5.72. The second-order valence-electron chi connectivity index (χ2n) is 8.07. The zero-order chi connectivity index (χ0) is 24.1. The van der Waals surface area contributed by atoms with E-state index in [0.717, 1.165) is 22.3 Å². The number of carbonyl (C=O) groups is 3. The maximum Gasteiger partial charge on any atom is 0.407 e. The molecule has 0 bridgehead atoms. The van der Waals surface area contributed by atoms with Crippen molar-refractivity contribution < 1.29 is 24.2 Å². The van der Waals surface area contributed by atoms with E-state index in [9.17, 15) is 14.4 Å². The Balaban J connectivity index is 1.24. The highest BCUT2D eigenvalue weighted by atomic mass is 16.5. The van der Waals surface area contributed by atoms with Crippen LogP contribution in [0.25, 0.3) is 11.1 Å². The summed E-state index contributed by atoms with van der Waals surface area (Å²) in [7, 11) is 0. The zero-order valence-corrected chi connectivity index (χ0v) is 18.6. The van der Waals surface area contributed by atoms with E-state index in [4.69, 9.17) is 9.84 Å². The lowest BCUT2D eigenvalue weighted by Crippen LogP contribution is -2.31. The highest BCUT2D eigenvalue weighted by molar-refractivity contribution is 5.92. The topological polar surface area (TPSA) is 135 Å². The molecule has 34 heavy (non-hydrogen) atoms. The number of rotatable bonds is 9. The number of ether oxygens (including phenoxy) is 1. The van der Waals surface area contributed by atoms with Gasteiger partial charge in [0.25, 0.3) is 5.91 Å². The number of hydrogen-bond acceptors (Lipinski definition) is 6. The molecule has 0 saturated carbocycles. The van der Waals surface area contributed by atoms with Crippen molar-refractivity contribution >= 4 is 18.0 Å². The molecule has 1 aliphatic rings.